The van der Waals surface area contributed by atoms with Crippen molar-refractivity contribution in [3.05, 3.63) is 0 Å². The van der Waals surface area contributed by atoms with E-state index in [-0.39, 0.29) is 30.1 Å². The van der Waals surface area contributed by atoms with Gasteiger partial charge in [0.05, 0.1) is 24.1 Å². The number of hydrogen-bond acceptors (Lipinski definition) is 6. The van der Waals surface area contributed by atoms with Crippen molar-refractivity contribution in [1.82, 2.24) is 15.5 Å². The molecule has 1 unspecified atom stereocenters. The van der Waals surface area contributed by atoms with Gasteiger partial charge in [-0.15, -0.1) is 0 Å². The molecule has 10 atom stereocenters. The van der Waals surface area contributed by atoms with Crippen molar-refractivity contribution >= 4 is 17.9 Å². The van der Waals surface area contributed by atoms with E-state index in [1.54, 1.807) is 0 Å². The van der Waals surface area contributed by atoms with Crippen molar-refractivity contribution < 1.29 is 19.4 Å². The third-order valence-corrected chi connectivity index (χ3v) is 12.2. The lowest BCUT2D eigenvalue weighted by molar-refractivity contribution is -0.714. The van der Waals surface area contributed by atoms with E-state index in [1.807, 2.05) is 0 Å². The Morgan fingerprint density at radius 2 is 1.60 bits per heavy atom. The minimum atomic E-state index is -0.142. The van der Waals surface area contributed by atoms with Crippen LogP contribution in [0.2, 0.25) is 0 Å². The fourth-order valence-corrected chi connectivity index (χ4v) is 9.98. The van der Waals surface area contributed by atoms with Crippen LogP contribution in [0, 0.1) is 5.92 Å². The van der Waals surface area contributed by atoms with Crippen molar-refractivity contribution in [3.8, 4) is 0 Å². The van der Waals surface area contributed by atoms with Gasteiger partial charge in [0.2, 0.25) is 0 Å². The number of carbonyl (C=O) groups is 1. The minimum Gasteiger partial charge on any atom is -0.462 e. The summed E-state index contributed by atoms with van der Waals surface area (Å²) in [5.74, 6) is 2.35. The molecule has 0 aromatic rings. The number of rotatable bonds is 16. The standard InChI is InChI=1S/C37H64N6O2/c1-5-6-7-9-13-16-29-24-32-20-21-33-34(27(4)39-37(41-29)43(32)33)35(44)45-26(3)15-12-10-8-11-14-17-28-23-31-19-18-30-22-25(2)38-36(40-28)42(30)31/h25-34H,5-24H2,1-4H3,(H2,38,39,40,41)/p+2/t25-,26-,27+,28+,29+,30-,31+,32+,33-,34?/m1/s1. The molecule has 3 saturated heterocycles. The molecule has 0 aromatic carbocycles. The van der Waals surface area contributed by atoms with E-state index < -0.39 is 0 Å². The molecule has 0 saturated carbocycles. The van der Waals surface area contributed by atoms with Gasteiger partial charge >= 0.3 is 11.9 Å². The Bertz CT molecular complexity index is 1060. The number of carbonyl (C=O) groups excluding carboxylic acids is 1. The summed E-state index contributed by atoms with van der Waals surface area (Å²) in [7, 11) is 0. The maximum atomic E-state index is 13.5. The van der Waals surface area contributed by atoms with E-state index >= 15 is 0 Å². The van der Waals surface area contributed by atoms with E-state index in [4.69, 9.17) is 9.73 Å². The smallest absolute Gasteiger partial charge is 0.441 e. The fourth-order valence-electron chi connectivity index (χ4n) is 9.98. The Morgan fingerprint density at radius 1 is 0.911 bits per heavy atom. The number of esters is 1. The molecule has 0 spiro atoms. The average molecular weight is 627 g/mol. The molecule has 6 heterocycles. The molecule has 3 fully saturated rings. The highest BCUT2D eigenvalue weighted by Gasteiger charge is 2.51. The van der Waals surface area contributed by atoms with Crippen LogP contribution in [0.25, 0.3) is 0 Å². The van der Waals surface area contributed by atoms with Gasteiger partial charge < -0.3 is 15.0 Å². The Morgan fingerprint density at radius 3 is 2.38 bits per heavy atom. The molecule has 0 radical (unpaired) electrons. The maximum absolute atomic E-state index is 13.5. The number of ether oxygens (including phenoxy) is 1. The van der Waals surface area contributed by atoms with Gasteiger partial charge in [-0.2, -0.15) is 0 Å². The third kappa shape index (κ3) is 7.84. The SMILES string of the molecule is CCCCCCC[C@H]1C[C@@H]2CC[C@@H]3C(C(=O)O[C@H](C)CCCCCCC[C@H]4C[C@@H]5CC[C@@H]6C[C@@H](C)[NH2+]C(=[N+]65)N4)[C@H](C)N=C(N1)N23. The van der Waals surface area contributed by atoms with Gasteiger partial charge in [0.1, 0.15) is 18.1 Å². The number of quaternary nitrogens is 1. The van der Waals surface area contributed by atoms with Crippen molar-refractivity contribution in [1.29, 1.82) is 0 Å². The first-order valence-corrected chi connectivity index (χ1v) is 19.5. The molecule has 6 rings (SSSR count). The number of hydrogen-bond donors (Lipinski definition) is 3. The number of nitrogens with zero attached hydrogens (tertiary/aromatic N) is 3. The number of guanidine groups is 2. The molecule has 6 aliphatic heterocycles. The van der Waals surface area contributed by atoms with Crippen LogP contribution in [0.1, 0.15) is 156 Å². The summed E-state index contributed by atoms with van der Waals surface area (Å²) in [5, 5.41) is 10.2. The quantitative estimate of drug-likeness (QED) is 0.125. The average Bonchev–Trinajstić information content (AvgIpc) is 3.61. The van der Waals surface area contributed by atoms with E-state index in [0.717, 1.165) is 37.3 Å². The first kappa shape index (κ1) is 33.1. The number of unbranched alkanes of at least 4 members (excludes halogenated alkanes) is 8. The molecule has 0 aromatic heterocycles. The fraction of sp³-hybridized carbons (Fsp3) is 0.919. The molecule has 8 heteroatoms. The summed E-state index contributed by atoms with van der Waals surface area (Å²) < 4.78 is 8.83. The maximum Gasteiger partial charge on any atom is 0.441 e. The molecule has 4 N–H and O–H groups in total. The van der Waals surface area contributed by atoms with Crippen molar-refractivity contribution in [2.75, 3.05) is 0 Å². The van der Waals surface area contributed by atoms with Crippen molar-refractivity contribution in [2.45, 2.75) is 211 Å². The molecule has 254 valence electrons. The summed E-state index contributed by atoms with van der Waals surface area (Å²) in [6.07, 6.45) is 25.3. The Balaban J connectivity index is 0.868. The monoisotopic (exact) mass is 627 g/mol. The molecule has 8 nitrogen and oxygen atoms in total. The van der Waals surface area contributed by atoms with Gasteiger partial charge in [-0.3, -0.25) is 4.79 Å². The summed E-state index contributed by atoms with van der Waals surface area (Å²) in [6.45, 7) is 8.88. The normalized spacial score (nSPS) is 35.7. The predicted molar refractivity (Wildman–Crippen MR) is 181 cm³/mol. The van der Waals surface area contributed by atoms with E-state index in [9.17, 15) is 4.79 Å². The summed E-state index contributed by atoms with van der Waals surface area (Å²) >= 11 is 0. The number of aliphatic imine (C=N–C) groups is 1. The number of nitrogens with one attached hydrogen (secondary N) is 2. The molecule has 45 heavy (non-hydrogen) atoms. The zero-order valence-electron chi connectivity index (χ0n) is 29.2. The third-order valence-electron chi connectivity index (χ3n) is 12.2. The zero-order valence-corrected chi connectivity index (χ0v) is 29.2. The van der Waals surface area contributed by atoms with Crippen LogP contribution >= 0.6 is 0 Å². The van der Waals surface area contributed by atoms with Gasteiger partial charge in [0, 0.05) is 31.0 Å². The minimum absolute atomic E-state index is 0.0142. The van der Waals surface area contributed by atoms with E-state index in [0.29, 0.717) is 24.2 Å². The van der Waals surface area contributed by atoms with Crippen LogP contribution in [-0.2, 0) is 9.53 Å². The molecule has 0 amide bonds. The molecule has 6 aliphatic rings. The Kier molecular flexibility index (Phi) is 11.3. The van der Waals surface area contributed by atoms with Gasteiger partial charge in [-0.05, 0) is 85.0 Å². The second-order valence-corrected chi connectivity index (χ2v) is 15.9. The topological polar surface area (TPSA) is 85.6 Å². The summed E-state index contributed by atoms with van der Waals surface area (Å²) in [5.41, 5.74) is 0. The van der Waals surface area contributed by atoms with Gasteiger partial charge in [-0.1, -0.05) is 58.3 Å². The van der Waals surface area contributed by atoms with Crippen LogP contribution in [0.4, 0.5) is 0 Å². The van der Waals surface area contributed by atoms with Crippen LogP contribution in [0.3, 0.4) is 0 Å². The highest BCUT2D eigenvalue weighted by Crippen LogP contribution is 2.40. The van der Waals surface area contributed by atoms with Gasteiger partial charge in [0.15, 0.2) is 5.96 Å². The van der Waals surface area contributed by atoms with E-state index in [2.05, 4.69) is 53.1 Å². The summed E-state index contributed by atoms with van der Waals surface area (Å²) in [6, 6.07) is 4.22. The molecule has 0 aliphatic carbocycles. The van der Waals surface area contributed by atoms with Crippen LogP contribution in [-0.4, -0.2) is 81.8 Å². The second kappa shape index (κ2) is 15.4. The Labute approximate surface area is 274 Å². The summed E-state index contributed by atoms with van der Waals surface area (Å²) in [4.78, 5) is 21.0. The zero-order chi connectivity index (χ0) is 31.3. The largest absolute Gasteiger partial charge is 0.462 e. The highest BCUT2D eigenvalue weighted by atomic mass is 16.5. The lowest BCUT2D eigenvalue weighted by Crippen LogP contribution is -3.00. The predicted octanol–water partition coefficient (Wildman–Crippen LogP) is 5.20. The first-order valence-electron chi connectivity index (χ1n) is 19.5. The van der Waals surface area contributed by atoms with Crippen LogP contribution < -0.4 is 16.0 Å². The first-order chi connectivity index (χ1) is 21.9. The lowest BCUT2D eigenvalue weighted by Gasteiger charge is -2.47. The Hall–Kier alpha value is -1.83. The van der Waals surface area contributed by atoms with Crippen molar-refractivity contribution in [3.63, 3.8) is 0 Å². The molecule has 0 bridgehead atoms. The van der Waals surface area contributed by atoms with Gasteiger partial charge in [-0.25, -0.2) is 20.2 Å². The highest BCUT2D eigenvalue weighted by molar-refractivity contribution is 5.86. The number of nitrogens with two attached hydrogens (primary N) is 1. The second-order valence-electron chi connectivity index (χ2n) is 15.9. The van der Waals surface area contributed by atoms with Gasteiger partial charge in [0.25, 0.3) is 0 Å². The molecular formula is C37H66N6O2+2. The van der Waals surface area contributed by atoms with Crippen molar-refractivity contribution in [2.24, 2.45) is 10.9 Å². The molecular weight excluding hydrogens is 560 g/mol. The van der Waals surface area contributed by atoms with Crippen LogP contribution in [0.15, 0.2) is 4.99 Å². The lowest BCUT2D eigenvalue weighted by atomic mass is 9.89. The van der Waals surface area contributed by atoms with Crippen LogP contribution in [0.5, 0.6) is 0 Å². The van der Waals surface area contributed by atoms with E-state index in [1.165, 1.54) is 115 Å².